The molecule has 0 saturated heterocycles. The van der Waals surface area contributed by atoms with Gasteiger partial charge >= 0.3 is 5.97 Å². The molecule has 0 spiro atoms. The molecule has 110 valence electrons. The van der Waals surface area contributed by atoms with Crippen molar-refractivity contribution < 1.29 is 14.3 Å². The minimum absolute atomic E-state index is 0.348. The van der Waals surface area contributed by atoms with E-state index < -0.39 is 0 Å². The van der Waals surface area contributed by atoms with E-state index in [4.69, 9.17) is 9.47 Å². The molecule has 0 aliphatic rings. The highest BCUT2D eigenvalue weighted by Crippen LogP contribution is 2.23. The largest absolute Gasteiger partial charge is 0.489 e. The van der Waals surface area contributed by atoms with E-state index in [0.717, 1.165) is 22.2 Å². The van der Waals surface area contributed by atoms with Gasteiger partial charge in [-0.2, -0.15) is 0 Å². The van der Waals surface area contributed by atoms with Gasteiger partial charge in [-0.3, -0.25) is 0 Å². The maximum atomic E-state index is 11.5. The number of para-hydroxylation sites is 1. The van der Waals surface area contributed by atoms with Gasteiger partial charge in [0.25, 0.3) is 0 Å². The summed E-state index contributed by atoms with van der Waals surface area (Å²) in [5.41, 5.74) is 2.68. The Bertz CT molecular complexity index is 638. The van der Waals surface area contributed by atoms with E-state index in [-0.39, 0.29) is 5.97 Å². The zero-order valence-electron chi connectivity index (χ0n) is 12.1. The molecule has 2 aromatic carbocycles. The third-order valence-corrected chi connectivity index (χ3v) is 3.95. The minimum atomic E-state index is -0.348. The Morgan fingerprint density at radius 3 is 2.57 bits per heavy atom. The molecule has 0 bridgehead atoms. The van der Waals surface area contributed by atoms with Crippen LogP contribution >= 0.6 is 15.9 Å². The standard InChI is InChI=1S/C17H17BrO3/c1-3-12-6-4-5-7-16(12)21-11-14-9-8-13(10-15(14)18)17(19)20-2/h4-10H,3,11H2,1-2H3. The Morgan fingerprint density at radius 1 is 1.14 bits per heavy atom. The number of ether oxygens (including phenoxy) is 2. The molecule has 0 saturated carbocycles. The first-order valence-corrected chi connectivity index (χ1v) is 7.52. The fourth-order valence-corrected chi connectivity index (χ4v) is 2.49. The van der Waals surface area contributed by atoms with Crippen LogP contribution in [-0.2, 0) is 17.8 Å². The first kappa shape index (κ1) is 15.6. The van der Waals surface area contributed by atoms with E-state index in [2.05, 4.69) is 28.9 Å². The summed E-state index contributed by atoms with van der Waals surface area (Å²) in [6.45, 7) is 2.54. The molecule has 0 aliphatic carbocycles. The van der Waals surface area contributed by atoms with Crippen LogP contribution in [0.25, 0.3) is 0 Å². The van der Waals surface area contributed by atoms with E-state index >= 15 is 0 Å². The Hall–Kier alpha value is -1.81. The summed E-state index contributed by atoms with van der Waals surface area (Å²) < 4.78 is 11.4. The quantitative estimate of drug-likeness (QED) is 0.752. The zero-order chi connectivity index (χ0) is 15.2. The number of esters is 1. The average molecular weight is 349 g/mol. The van der Waals surface area contributed by atoms with Gasteiger partial charge in [0.05, 0.1) is 12.7 Å². The van der Waals surface area contributed by atoms with Crippen molar-refractivity contribution in [3.8, 4) is 5.75 Å². The fraction of sp³-hybridized carbons (Fsp3) is 0.235. The molecule has 4 heteroatoms. The minimum Gasteiger partial charge on any atom is -0.489 e. The van der Waals surface area contributed by atoms with Gasteiger partial charge in [-0.25, -0.2) is 4.79 Å². The summed E-state index contributed by atoms with van der Waals surface area (Å²) in [6, 6.07) is 13.3. The van der Waals surface area contributed by atoms with Crippen molar-refractivity contribution in [2.45, 2.75) is 20.0 Å². The molecule has 0 unspecified atom stereocenters. The number of halogens is 1. The Labute approximate surface area is 133 Å². The van der Waals surface area contributed by atoms with Crippen molar-refractivity contribution in [2.24, 2.45) is 0 Å². The van der Waals surface area contributed by atoms with E-state index in [1.165, 1.54) is 12.7 Å². The Kier molecular flexibility index (Phi) is 5.39. The van der Waals surface area contributed by atoms with Crippen LogP contribution in [0, 0.1) is 0 Å². The first-order valence-electron chi connectivity index (χ1n) is 6.73. The summed E-state index contributed by atoms with van der Waals surface area (Å²) in [5.74, 6) is 0.545. The van der Waals surface area contributed by atoms with Gasteiger partial charge in [-0.1, -0.05) is 47.1 Å². The molecule has 0 heterocycles. The summed E-state index contributed by atoms with van der Waals surface area (Å²) in [7, 11) is 1.37. The molecule has 2 aromatic rings. The van der Waals surface area contributed by atoms with Crippen molar-refractivity contribution in [3.05, 3.63) is 63.6 Å². The van der Waals surface area contributed by atoms with Crippen molar-refractivity contribution in [1.82, 2.24) is 0 Å². The second-order valence-electron chi connectivity index (χ2n) is 4.55. The van der Waals surface area contributed by atoms with Gasteiger partial charge in [-0.05, 0) is 30.2 Å². The van der Waals surface area contributed by atoms with E-state index in [0.29, 0.717) is 12.2 Å². The number of carbonyl (C=O) groups excluding carboxylic acids is 1. The fourth-order valence-electron chi connectivity index (χ4n) is 2.00. The second-order valence-corrected chi connectivity index (χ2v) is 5.40. The lowest BCUT2D eigenvalue weighted by molar-refractivity contribution is 0.0600. The van der Waals surface area contributed by atoms with Crippen LogP contribution in [-0.4, -0.2) is 13.1 Å². The number of hydrogen-bond donors (Lipinski definition) is 0. The molecule has 2 rings (SSSR count). The monoisotopic (exact) mass is 348 g/mol. The number of benzene rings is 2. The van der Waals surface area contributed by atoms with Gasteiger partial charge in [0.2, 0.25) is 0 Å². The lowest BCUT2D eigenvalue weighted by atomic mass is 10.1. The van der Waals surface area contributed by atoms with Crippen LogP contribution in [0.2, 0.25) is 0 Å². The van der Waals surface area contributed by atoms with Gasteiger partial charge in [0.15, 0.2) is 0 Å². The van der Waals surface area contributed by atoms with Crippen molar-refractivity contribution in [3.63, 3.8) is 0 Å². The predicted molar refractivity (Wildman–Crippen MR) is 85.6 cm³/mol. The molecule has 0 fully saturated rings. The second kappa shape index (κ2) is 7.27. The SMILES string of the molecule is CCc1ccccc1OCc1ccc(C(=O)OC)cc1Br. The maximum absolute atomic E-state index is 11.5. The van der Waals surface area contributed by atoms with Crippen LogP contribution in [0.4, 0.5) is 0 Å². The molecule has 21 heavy (non-hydrogen) atoms. The number of rotatable bonds is 5. The summed E-state index contributed by atoms with van der Waals surface area (Å²) >= 11 is 3.47. The summed E-state index contributed by atoms with van der Waals surface area (Å²) in [6.07, 6.45) is 0.929. The van der Waals surface area contributed by atoms with Crippen LogP contribution in [0.15, 0.2) is 46.9 Å². The highest BCUT2D eigenvalue weighted by molar-refractivity contribution is 9.10. The summed E-state index contributed by atoms with van der Waals surface area (Å²) in [5, 5.41) is 0. The van der Waals surface area contributed by atoms with Gasteiger partial charge < -0.3 is 9.47 Å². The number of aryl methyl sites for hydroxylation is 1. The molecule has 0 radical (unpaired) electrons. The molecule has 0 aliphatic heterocycles. The molecule has 0 N–H and O–H groups in total. The normalized spacial score (nSPS) is 10.2. The number of methoxy groups -OCH3 is 1. The third kappa shape index (κ3) is 3.85. The highest BCUT2D eigenvalue weighted by atomic mass is 79.9. The van der Waals surface area contributed by atoms with Crippen molar-refractivity contribution in [2.75, 3.05) is 7.11 Å². The van der Waals surface area contributed by atoms with Crippen LogP contribution in [0.5, 0.6) is 5.75 Å². The van der Waals surface area contributed by atoms with Crippen LogP contribution in [0.3, 0.4) is 0 Å². The van der Waals surface area contributed by atoms with Gasteiger partial charge in [0.1, 0.15) is 12.4 Å². The lowest BCUT2D eigenvalue weighted by Gasteiger charge is -2.12. The van der Waals surface area contributed by atoms with Crippen LogP contribution < -0.4 is 4.74 Å². The van der Waals surface area contributed by atoms with Crippen molar-refractivity contribution in [1.29, 1.82) is 0 Å². The van der Waals surface area contributed by atoms with Crippen LogP contribution in [0.1, 0.15) is 28.4 Å². The molecule has 0 amide bonds. The zero-order valence-corrected chi connectivity index (χ0v) is 13.6. The van der Waals surface area contributed by atoms with E-state index in [1.54, 1.807) is 12.1 Å². The third-order valence-electron chi connectivity index (χ3n) is 3.21. The molecular formula is C17H17BrO3. The van der Waals surface area contributed by atoms with E-state index in [1.807, 2.05) is 24.3 Å². The Morgan fingerprint density at radius 2 is 1.90 bits per heavy atom. The average Bonchev–Trinajstić information content (AvgIpc) is 2.53. The topological polar surface area (TPSA) is 35.5 Å². The Balaban J connectivity index is 2.12. The maximum Gasteiger partial charge on any atom is 0.337 e. The van der Waals surface area contributed by atoms with Crippen molar-refractivity contribution >= 4 is 21.9 Å². The molecule has 3 nitrogen and oxygen atoms in total. The van der Waals surface area contributed by atoms with Gasteiger partial charge in [-0.15, -0.1) is 0 Å². The number of hydrogen-bond acceptors (Lipinski definition) is 3. The number of carbonyl (C=O) groups is 1. The highest BCUT2D eigenvalue weighted by Gasteiger charge is 2.09. The first-order chi connectivity index (χ1) is 10.2. The predicted octanol–water partition coefficient (Wildman–Crippen LogP) is 4.38. The molecule has 0 aromatic heterocycles. The summed E-state index contributed by atoms with van der Waals surface area (Å²) in [4.78, 5) is 11.5. The molecular weight excluding hydrogens is 332 g/mol. The smallest absolute Gasteiger partial charge is 0.337 e. The van der Waals surface area contributed by atoms with E-state index in [9.17, 15) is 4.79 Å². The molecule has 0 atom stereocenters. The van der Waals surface area contributed by atoms with Gasteiger partial charge in [0, 0.05) is 10.0 Å². The lowest BCUT2D eigenvalue weighted by Crippen LogP contribution is -2.03.